The zero-order valence-electron chi connectivity index (χ0n) is 14.4. The van der Waals surface area contributed by atoms with E-state index in [-0.39, 0.29) is 5.69 Å². The Bertz CT molecular complexity index is 842. The first-order valence-electron chi connectivity index (χ1n) is 8.09. The number of carbonyl (C=O) groups excluding carboxylic acids is 2. The van der Waals surface area contributed by atoms with Crippen LogP contribution in [0.4, 0.5) is 0 Å². The van der Waals surface area contributed by atoms with Crippen molar-refractivity contribution in [2.45, 2.75) is 24.4 Å². The molecule has 1 aliphatic rings. The van der Waals surface area contributed by atoms with Crippen LogP contribution < -0.4 is 15.8 Å². The average Bonchev–Trinajstić information content (AvgIpc) is 3.27. The van der Waals surface area contributed by atoms with E-state index < -0.39 is 42.8 Å². The predicted molar refractivity (Wildman–Crippen MR) is 95.6 cm³/mol. The molecule has 1 aromatic heterocycles. The lowest BCUT2D eigenvalue weighted by molar-refractivity contribution is -0.0226. The Labute approximate surface area is 158 Å². The Morgan fingerprint density at radius 3 is 2.85 bits per heavy atom. The molecule has 10 heteroatoms. The summed E-state index contributed by atoms with van der Waals surface area (Å²) in [6, 6.07) is 5.67. The number of benzene rings is 1. The fourth-order valence-corrected chi connectivity index (χ4v) is 3.71. The highest BCUT2D eigenvalue weighted by Crippen LogP contribution is 2.35. The van der Waals surface area contributed by atoms with Gasteiger partial charge < -0.3 is 30.7 Å². The molecule has 9 nitrogen and oxygen atoms in total. The van der Waals surface area contributed by atoms with Crippen LogP contribution >= 0.6 is 11.3 Å². The van der Waals surface area contributed by atoms with Crippen molar-refractivity contribution in [2.24, 2.45) is 5.73 Å². The van der Waals surface area contributed by atoms with E-state index in [2.05, 4.69) is 10.3 Å². The molecular weight excluding hydrogens is 374 g/mol. The number of aromatic nitrogens is 1. The van der Waals surface area contributed by atoms with Crippen LogP contribution in [0.2, 0.25) is 0 Å². The summed E-state index contributed by atoms with van der Waals surface area (Å²) in [6.07, 6.45) is -2.88. The highest BCUT2D eigenvalue weighted by molar-refractivity contribution is 7.09. The van der Waals surface area contributed by atoms with E-state index in [9.17, 15) is 19.8 Å². The molecule has 3 rings (SSSR count). The highest BCUT2D eigenvalue weighted by atomic mass is 32.1. The molecule has 1 saturated heterocycles. The molecule has 0 aliphatic carbocycles. The van der Waals surface area contributed by atoms with E-state index in [1.165, 1.54) is 12.5 Å². The van der Waals surface area contributed by atoms with Crippen LogP contribution in [-0.2, 0) is 4.74 Å². The topological polar surface area (TPSA) is 144 Å². The lowest BCUT2D eigenvalue weighted by Crippen LogP contribution is -2.45. The lowest BCUT2D eigenvalue weighted by Gasteiger charge is -2.20. The minimum atomic E-state index is -1.16. The van der Waals surface area contributed by atoms with Crippen LogP contribution in [0.5, 0.6) is 5.75 Å². The molecule has 27 heavy (non-hydrogen) atoms. The van der Waals surface area contributed by atoms with Crippen molar-refractivity contribution < 1.29 is 29.3 Å². The van der Waals surface area contributed by atoms with Gasteiger partial charge in [-0.2, -0.15) is 0 Å². The largest absolute Gasteiger partial charge is 0.497 e. The molecular formula is C17H19N3O6S. The van der Waals surface area contributed by atoms with Gasteiger partial charge in [-0.25, -0.2) is 4.98 Å². The summed E-state index contributed by atoms with van der Waals surface area (Å²) < 4.78 is 10.8. The van der Waals surface area contributed by atoms with Crippen molar-refractivity contribution in [3.05, 3.63) is 45.9 Å². The van der Waals surface area contributed by atoms with Gasteiger partial charge in [-0.05, 0) is 18.2 Å². The van der Waals surface area contributed by atoms with Gasteiger partial charge in [0.05, 0.1) is 19.8 Å². The van der Waals surface area contributed by atoms with Crippen molar-refractivity contribution in [1.29, 1.82) is 0 Å². The number of thiazole rings is 1. The summed E-state index contributed by atoms with van der Waals surface area (Å²) in [4.78, 5) is 28.0. The maximum absolute atomic E-state index is 12.6. The number of aliphatic hydroxyl groups excluding tert-OH is 2. The van der Waals surface area contributed by atoms with Crippen molar-refractivity contribution >= 4 is 23.2 Å². The standard InChI is InChI=1S/C17H19N3O6S/c1-25-9-4-2-3-8(5-9)16(24)20-12-13(22)11(6-21)26-14(12)17-19-10(7-27-17)15(18)23/h2-5,7,11-14,21-22H,6H2,1H3,(H2,18,23)(H,20,24)/t11-,12-,13-,14-/m1/s1. The lowest BCUT2D eigenvalue weighted by atomic mass is 10.0. The third kappa shape index (κ3) is 3.93. The molecule has 1 fully saturated rings. The molecule has 0 unspecified atom stereocenters. The summed E-state index contributed by atoms with van der Waals surface area (Å²) in [7, 11) is 1.49. The van der Waals surface area contributed by atoms with Gasteiger partial charge in [-0.3, -0.25) is 9.59 Å². The van der Waals surface area contributed by atoms with Crippen molar-refractivity contribution in [1.82, 2.24) is 10.3 Å². The number of nitrogens with two attached hydrogens (primary N) is 1. The number of nitrogens with zero attached hydrogens (tertiary/aromatic N) is 1. The molecule has 2 heterocycles. The Morgan fingerprint density at radius 2 is 2.22 bits per heavy atom. The summed E-state index contributed by atoms with van der Waals surface area (Å²) in [5.74, 6) is -0.620. The Kier molecular flexibility index (Phi) is 5.71. The molecule has 144 valence electrons. The van der Waals surface area contributed by atoms with E-state index in [4.69, 9.17) is 15.2 Å². The Hall–Kier alpha value is -2.53. The molecule has 0 bridgehead atoms. The minimum Gasteiger partial charge on any atom is -0.497 e. The fourth-order valence-electron chi connectivity index (χ4n) is 2.82. The van der Waals surface area contributed by atoms with Crippen LogP contribution in [0.1, 0.15) is 32.0 Å². The number of ether oxygens (including phenoxy) is 2. The monoisotopic (exact) mass is 393 g/mol. The van der Waals surface area contributed by atoms with Gasteiger partial charge in [-0.15, -0.1) is 11.3 Å². The number of primary amides is 1. The third-order valence-electron chi connectivity index (χ3n) is 4.22. The quantitative estimate of drug-likeness (QED) is 0.534. The number of hydrogen-bond acceptors (Lipinski definition) is 8. The van der Waals surface area contributed by atoms with Crippen molar-refractivity contribution in [2.75, 3.05) is 13.7 Å². The first kappa shape index (κ1) is 19.2. The van der Waals surface area contributed by atoms with Crippen LogP contribution in [0, 0.1) is 0 Å². The number of nitrogens with one attached hydrogen (secondary N) is 1. The van der Waals surface area contributed by atoms with Gasteiger partial charge in [0.15, 0.2) is 0 Å². The second kappa shape index (κ2) is 8.01. The zero-order valence-corrected chi connectivity index (χ0v) is 15.2. The second-order valence-corrected chi connectivity index (χ2v) is 6.82. The Balaban J connectivity index is 1.84. The predicted octanol–water partition coefficient (Wildman–Crippen LogP) is -0.158. The number of amides is 2. The smallest absolute Gasteiger partial charge is 0.268 e. The molecule has 2 aromatic rings. The number of carbonyl (C=O) groups is 2. The first-order chi connectivity index (χ1) is 12.9. The molecule has 0 spiro atoms. The maximum Gasteiger partial charge on any atom is 0.268 e. The molecule has 1 aliphatic heterocycles. The van der Waals surface area contributed by atoms with Gasteiger partial charge in [0.25, 0.3) is 11.8 Å². The molecule has 1 aromatic carbocycles. The summed E-state index contributed by atoms with van der Waals surface area (Å²) in [5, 5.41) is 24.4. The van der Waals surface area contributed by atoms with Crippen molar-refractivity contribution in [3.63, 3.8) is 0 Å². The molecule has 0 saturated carbocycles. The normalized spacial score (nSPS) is 24.6. The Morgan fingerprint density at radius 1 is 1.44 bits per heavy atom. The number of aliphatic hydroxyl groups is 2. The van der Waals surface area contributed by atoms with E-state index >= 15 is 0 Å². The van der Waals surface area contributed by atoms with Crippen LogP contribution in [0.15, 0.2) is 29.6 Å². The van der Waals surface area contributed by atoms with Gasteiger partial charge in [0.1, 0.15) is 34.8 Å². The van der Waals surface area contributed by atoms with Gasteiger partial charge in [0.2, 0.25) is 0 Å². The highest BCUT2D eigenvalue weighted by Gasteiger charge is 2.46. The van der Waals surface area contributed by atoms with Gasteiger partial charge >= 0.3 is 0 Å². The molecule has 5 N–H and O–H groups in total. The van der Waals surface area contributed by atoms with E-state index in [0.29, 0.717) is 16.3 Å². The minimum absolute atomic E-state index is 0.0680. The van der Waals surface area contributed by atoms with Crippen LogP contribution in [0.3, 0.4) is 0 Å². The van der Waals surface area contributed by atoms with E-state index in [0.717, 1.165) is 11.3 Å². The first-order valence-corrected chi connectivity index (χ1v) is 8.97. The van der Waals surface area contributed by atoms with Gasteiger partial charge in [0, 0.05) is 10.9 Å². The zero-order chi connectivity index (χ0) is 19.6. The number of hydrogen-bond donors (Lipinski definition) is 4. The van der Waals surface area contributed by atoms with Crippen molar-refractivity contribution in [3.8, 4) is 5.75 Å². The van der Waals surface area contributed by atoms with Crippen LogP contribution in [-0.4, -0.2) is 59.0 Å². The third-order valence-corrected chi connectivity index (χ3v) is 5.13. The van der Waals surface area contributed by atoms with Crippen LogP contribution in [0.25, 0.3) is 0 Å². The molecule has 2 amide bonds. The fraction of sp³-hybridized carbons (Fsp3) is 0.353. The summed E-state index contributed by atoms with van der Waals surface area (Å²) in [6.45, 7) is -0.433. The second-order valence-electron chi connectivity index (χ2n) is 5.93. The van der Waals surface area contributed by atoms with E-state index in [1.807, 2.05) is 0 Å². The summed E-state index contributed by atoms with van der Waals surface area (Å²) in [5.41, 5.74) is 5.62. The number of rotatable bonds is 6. The summed E-state index contributed by atoms with van der Waals surface area (Å²) >= 11 is 1.12. The molecule has 0 radical (unpaired) electrons. The molecule has 4 atom stereocenters. The van der Waals surface area contributed by atoms with Gasteiger partial charge in [-0.1, -0.05) is 6.07 Å². The SMILES string of the molecule is COc1cccc(C(=O)N[C@@H]2[C@H](O)[C@@H](CO)O[C@H]2c2nc(C(N)=O)cs2)c1. The average molecular weight is 393 g/mol. The van der Waals surface area contributed by atoms with E-state index in [1.54, 1.807) is 24.3 Å². The number of methoxy groups -OCH3 is 1. The maximum atomic E-state index is 12.6.